The molecule has 2 heteroatoms. The summed E-state index contributed by atoms with van der Waals surface area (Å²) in [6, 6.07) is 1.19. The van der Waals surface area contributed by atoms with Gasteiger partial charge >= 0.3 is 0 Å². The molecule has 0 aliphatic heterocycles. The highest BCUT2D eigenvalue weighted by Gasteiger charge is 2.39. The maximum atomic E-state index is 5.79. The van der Waals surface area contributed by atoms with Crippen molar-refractivity contribution in [3.8, 4) is 0 Å². The zero-order chi connectivity index (χ0) is 8.43. The summed E-state index contributed by atoms with van der Waals surface area (Å²) in [5, 5.41) is 0. The first-order valence-electron chi connectivity index (χ1n) is 4.70. The van der Waals surface area contributed by atoms with E-state index < -0.39 is 0 Å². The summed E-state index contributed by atoms with van der Waals surface area (Å²) in [5.41, 5.74) is 5.79. The van der Waals surface area contributed by atoms with Crippen LogP contribution in [0, 0.1) is 5.92 Å². The molecule has 0 radical (unpaired) electrons. The maximum Gasteiger partial charge on any atom is 0.0110 e. The van der Waals surface area contributed by atoms with Crippen LogP contribution < -0.4 is 5.73 Å². The van der Waals surface area contributed by atoms with E-state index in [1.165, 1.54) is 6.42 Å². The van der Waals surface area contributed by atoms with Gasteiger partial charge in [0.25, 0.3) is 0 Å². The van der Waals surface area contributed by atoms with Gasteiger partial charge in [-0.3, -0.25) is 0 Å². The molecular weight excluding hydrogens is 136 g/mol. The minimum absolute atomic E-state index is 0.491. The first-order chi connectivity index (χ1) is 5.20. The summed E-state index contributed by atoms with van der Waals surface area (Å²) in [4.78, 5) is 2.48. The van der Waals surface area contributed by atoms with Crippen LogP contribution in [0.4, 0.5) is 0 Å². The fourth-order valence-corrected chi connectivity index (χ4v) is 1.86. The second kappa shape index (κ2) is 3.55. The number of nitrogens with zero attached hydrogens (tertiary/aromatic N) is 1. The molecule has 0 spiro atoms. The normalized spacial score (nSPS) is 32.5. The number of nitrogens with two attached hydrogens (primary N) is 1. The molecule has 3 unspecified atom stereocenters. The zero-order valence-corrected chi connectivity index (χ0v) is 7.88. The third-order valence-electron chi connectivity index (χ3n) is 2.90. The zero-order valence-electron chi connectivity index (χ0n) is 7.88. The van der Waals surface area contributed by atoms with Crippen LogP contribution in [-0.4, -0.2) is 30.1 Å². The van der Waals surface area contributed by atoms with Gasteiger partial charge in [-0.1, -0.05) is 13.8 Å². The Balaban J connectivity index is 2.32. The van der Waals surface area contributed by atoms with Crippen LogP contribution in [0.5, 0.6) is 0 Å². The van der Waals surface area contributed by atoms with Crippen molar-refractivity contribution < 1.29 is 0 Å². The van der Waals surface area contributed by atoms with E-state index in [4.69, 9.17) is 5.73 Å². The van der Waals surface area contributed by atoms with Crippen molar-refractivity contribution in [2.75, 3.05) is 13.1 Å². The fraction of sp³-hybridized carbons (Fsp3) is 1.00. The molecule has 1 aliphatic carbocycles. The summed E-state index contributed by atoms with van der Waals surface area (Å²) < 4.78 is 0. The average molecular weight is 156 g/mol. The number of rotatable bonds is 4. The Morgan fingerprint density at radius 2 is 1.91 bits per heavy atom. The van der Waals surface area contributed by atoms with Gasteiger partial charge in [-0.15, -0.1) is 0 Å². The molecule has 0 amide bonds. The van der Waals surface area contributed by atoms with Crippen molar-refractivity contribution in [3.05, 3.63) is 0 Å². The molecule has 0 aromatic carbocycles. The van der Waals surface area contributed by atoms with E-state index in [2.05, 4.69) is 25.7 Å². The van der Waals surface area contributed by atoms with Crippen molar-refractivity contribution in [2.24, 2.45) is 11.7 Å². The largest absolute Gasteiger partial charge is 0.327 e. The summed E-state index contributed by atoms with van der Waals surface area (Å²) in [5.74, 6) is 0.773. The lowest BCUT2D eigenvalue weighted by Crippen LogP contribution is -2.35. The van der Waals surface area contributed by atoms with Gasteiger partial charge in [0.2, 0.25) is 0 Å². The van der Waals surface area contributed by atoms with Crippen molar-refractivity contribution in [2.45, 2.75) is 39.3 Å². The first kappa shape index (κ1) is 9.01. The molecule has 11 heavy (non-hydrogen) atoms. The van der Waals surface area contributed by atoms with Gasteiger partial charge in [-0.2, -0.15) is 0 Å². The third kappa shape index (κ3) is 1.94. The van der Waals surface area contributed by atoms with Crippen molar-refractivity contribution in [3.63, 3.8) is 0 Å². The minimum atomic E-state index is 0.491. The lowest BCUT2D eigenvalue weighted by atomic mass is 10.2. The van der Waals surface area contributed by atoms with Crippen LogP contribution in [0.1, 0.15) is 27.2 Å². The Kier molecular flexibility index (Phi) is 2.90. The highest BCUT2D eigenvalue weighted by atomic mass is 15.2. The van der Waals surface area contributed by atoms with Gasteiger partial charge in [-0.25, -0.2) is 0 Å². The van der Waals surface area contributed by atoms with E-state index in [9.17, 15) is 0 Å². The molecule has 0 bridgehead atoms. The van der Waals surface area contributed by atoms with E-state index >= 15 is 0 Å². The van der Waals surface area contributed by atoms with Gasteiger partial charge in [0.05, 0.1) is 0 Å². The molecule has 2 N–H and O–H groups in total. The van der Waals surface area contributed by atoms with E-state index in [1.54, 1.807) is 0 Å². The van der Waals surface area contributed by atoms with Crippen molar-refractivity contribution in [1.82, 2.24) is 4.90 Å². The predicted molar refractivity (Wildman–Crippen MR) is 48.5 cm³/mol. The van der Waals surface area contributed by atoms with Crippen molar-refractivity contribution >= 4 is 0 Å². The highest BCUT2D eigenvalue weighted by molar-refractivity contribution is 4.96. The van der Waals surface area contributed by atoms with Crippen LogP contribution in [0.15, 0.2) is 0 Å². The topological polar surface area (TPSA) is 29.3 Å². The molecule has 3 atom stereocenters. The second-order valence-corrected chi connectivity index (χ2v) is 3.53. The molecule has 0 saturated heterocycles. The van der Waals surface area contributed by atoms with E-state index in [-0.39, 0.29) is 0 Å². The van der Waals surface area contributed by atoms with Crippen LogP contribution in [0.25, 0.3) is 0 Å². The molecule has 0 aromatic rings. The number of hydrogen-bond acceptors (Lipinski definition) is 2. The number of hydrogen-bond donors (Lipinski definition) is 1. The molecular formula is C9H20N2. The summed E-state index contributed by atoms with van der Waals surface area (Å²) in [6.45, 7) is 9.04. The van der Waals surface area contributed by atoms with Gasteiger partial charge in [0, 0.05) is 12.1 Å². The SMILES string of the molecule is CCN(CC)C(C)C1CC1N. The molecule has 0 heterocycles. The Morgan fingerprint density at radius 3 is 2.18 bits per heavy atom. The maximum absolute atomic E-state index is 5.79. The second-order valence-electron chi connectivity index (χ2n) is 3.53. The highest BCUT2D eigenvalue weighted by Crippen LogP contribution is 2.33. The standard InChI is InChI=1S/C9H20N2/c1-4-11(5-2)7(3)8-6-9(8)10/h7-9H,4-6,10H2,1-3H3. The van der Waals surface area contributed by atoms with Gasteiger partial charge in [0.1, 0.15) is 0 Å². The van der Waals surface area contributed by atoms with E-state index in [0.29, 0.717) is 12.1 Å². The molecule has 1 fully saturated rings. The van der Waals surface area contributed by atoms with Crippen molar-refractivity contribution in [1.29, 1.82) is 0 Å². The fourth-order valence-electron chi connectivity index (χ4n) is 1.86. The third-order valence-corrected chi connectivity index (χ3v) is 2.90. The van der Waals surface area contributed by atoms with E-state index in [1.807, 2.05) is 0 Å². The first-order valence-corrected chi connectivity index (χ1v) is 4.70. The summed E-state index contributed by atoms with van der Waals surface area (Å²) in [6.07, 6.45) is 1.23. The summed E-state index contributed by atoms with van der Waals surface area (Å²) in [7, 11) is 0. The smallest absolute Gasteiger partial charge is 0.0110 e. The van der Waals surface area contributed by atoms with Gasteiger partial charge in [0.15, 0.2) is 0 Å². The minimum Gasteiger partial charge on any atom is -0.327 e. The quantitative estimate of drug-likeness (QED) is 0.659. The Labute approximate surface area is 69.8 Å². The molecule has 0 aromatic heterocycles. The van der Waals surface area contributed by atoms with Crippen LogP contribution in [-0.2, 0) is 0 Å². The lowest BCUT2D eigenvalue weighted by molar-refractivity contribution is 0.208. The van der Waals surface area contributed by atoms with Crippen LogP contribution >= 0.6 is 0 Å². The monoisotopic (exact) mass is 156 g/mol. The Morgan fingerprint density at radius 1 is 1.45 bits per heavy atom. The Bertz CT molecular complexity index is 121. The van der Waals surface area contributed by atoms with Gasteiger partial charge in [-0.05, 0) is 32.4 Å². The molecule has 66 valence electrons. The molecule has 1 rings (SSSR count). The van der Waals surface area contributed by atoms with Gasteiger partial charge < -0.3 is 10.6 Å². The molecule has 2 nitrogen and oxygen atoms in total. The van der Waals surface area contributed by atoms with Crippen LogP contribution in [0.2, 0.25) is 0 Å². The summed E-state index contributed by atoms with van der Waals surface area (Å²) >= 11 is 0. The van der Waals surface area contributed by atoms with Crippen LogP contribution in [0.3, 0.4) is 0 Å². The average Bonchev–Trinajstić information content (AvgIpc) is 2.69. The molecule has 1 saturated carbocycles. The predicted octanol–water partition coefficient (Wildman–Crippen LogP) is 1.06. The van der Waals surface area contributed by atoms with E-state index in [0.717, 1.165) is 19.0 Å². The Hall–Kier alpha value is -0.0800. The lowest BCUT2D eigenvalue weighted by Gasteiger charge is -2.26. The molecule has 1 aliphatic rings.